The summed E-state index contributed by atoms with van der Waals surface area (Å²) in [6, 6.07) is 15.5. The average molecular weight is 354 g/mol. The quantitative estimate of drug-likeness (QED) is 0.605. The van der Waals surface area contributed by atoms with Gasteiger partial charge in [0.15, 0.2) is 0 Å². The van der Waals surface area contributed by atoms with E-state index in [2.05, 4.69) is 15.3 Å². The van der Waals surface area contributed by atoms with Crippen molar-refractivity contribution in [2.45, 2.75) is 13.3 Å². The molecular weight excluding hydrogens is 334 g/mol. The third-order valence-corrected chi connectivity index (χ3v) is 4.40. The van der Waals surface area contributed by atoms with Crippen LogP contribution in [0.25, 0.3) is 11.3 Å². The third-order valence-electron chi connectivity index (χ3n) is 3.99. The summed E-state index contributed by atoms with van der Waals surface area (Å²) in [7, 11) is 0. The maximum Gasteiger partial charge on any atom is 0.222 e. The molecule has 6 heteroatoms. The molecule has 2 aromatic carbocycles. The van der Waals surface area contributed by atoms with Crippen molar-refractivity contribution >= 4 is 29.1 Å². The number of anilines is 3. The third kappa shape index (κ3) is 4.19. The van der Waals surface area contributed by atoms with Crippen LogP contribution >= 0.6 is 11.6 Å². The summed E-state index contributed by atoms with van der Waals surface area (Å²) in [6.45, 7) is 2.69. The zero-order valence-corrected chi connectivity index (χ0v) is 14.7. The molecule has 0 spiro atoms. The van der Waals surface area contributed by atoms with Gasteiger partial charge in [-0.2, -0.15) is 4.98 Å². The predicted molar refractivity (Wildman–Crippen MR) is 105 cm³/mol. The first-order valence-electron chi connectivity index (χ1n) is 8.01. The van der Waals surface area contributed by atoms with Gasteiger partial charge in [-0.15, -0.1) is 0 Å². The smallest absolute Gasteiger partial charge is 0.222 e. The Labute approximate surface area is 152 Å². The van der Waals surface area contributed by atoms with Gasteiger partial charge in [0.25, 0.3) is 0 Å². The van der Waals surface area contributed by atoms with Crippen molar-refractivity contribution in [1.82, 2.24) is 9.97 Å². The van der Waals surface area contributed by atoms with E-state index in [1.165, 1.54) is 5.56 Å². The first kappa shape index (κ1) is 17.0. The highest BCUT2D eigenvalue weighted by Gasteiger charge is 2.09. The van der Waals surface area contributed by atoms with Gasteiger partial charge in [-0.1, -0.05) is 35.9 Å². The van der Waals surface area contributed by atoms with Crippen molar-refractivity contribution in [2.75, 3.05) is 23.3 Å². The zero-order chi connectivity index (χ0) is 17.8. The maximum atomic E-state index is 6.21. The fourth-order valence-electron chi connectivity index (χ4n) is 2.60. The van der Waals surface area contributed by atoms with Gasteiger partial charge in [0.1, 0.15) is 5.82 Å². The second-order valence-corrected chi connectivity index (χ2v) is 6.23. The van der Waals surface area contributed by atoms with E-state index in [9.17, 15) is 0 Å². The highest BCUT2D eigenvalue weighted by molar-refractivity contribution is 6.31. The predicted octanol–water partition coefficient (Wildman–Crippen LogP) is 3.92. The van der Waals surface area contributed by atoms with Gasteiger partial charge < -0.3 is 16.8 Å². The Hall–Kier alpha value is -2.79. The van der Waals surface area contributed by atoms with E-state index in [1.54, 1.807) is 0 Å². The van der Waals surface area contributed by atoms with E-state index in [0.29, 0.717) is 10.8 Å². The van der Waals surface area contributed by atoms with E-state index >= 15 is 0 Å². The number of halogens is 1. The molecule has 0 radical (unpaired) electrons. The molecule has 0 aliphatic rings. The highest BCUT2D eigenvalue weighted by Crippen LogP contribution is 2.28. The number of benzene rings is 2. The highest BCUT2D eigenvalue weighted by atomic mass is 35.5. The summed E-state index contributed by atoms with van der Waals surface area (Å²) in [5.74, 6) is 0.921. The fourth-order valence-corrected chi connectivity index (χ4v) is 2.77. The molecule has 1 aromatic heterocycles. The molecule has 3 aromatic rings. The lowest BCUT2D eigenvalue weighted by Crippen LogP contribution is -2.08. The molecule has 0 aliphatic heterocycles. The molecule has 3 rings (SSSR count). The molecule has 0 saturated heterocycles. The fraction of sp³-hybridized carbons (Fsp3) is 0.158. The van der Waals surface area contributed by atoms with Crippen LogP contribution in [0.5, 0.6) is 0 Å². The summed E-state index contributed by atoms with van der Waals surface area (Å²) < 4.78 is 0. The van der Waals surface area contributed by atoms with Crippen LogP contribution in [-0.4, -0.2) is 16.5 Å². The summed E-state index contributed by atoms with van der Waals surface area (Å²) in [5, 5.41) is 4.00. The Balaban J connectivity index is 1.75. The minimum atomic E-state index is 0.229. The van der Waals surface area contributed by atoms with E-state index < -0.39 is 0 Å². The molecule has 0 amide bonds. The van der Waals surface area contributed by atoms with Crippen molar-refractivity contribution in [3.05, 3.63) is 64.7 Å². The van der Waals surface area contributed by atoms with Crippen molar-refractivity contribution in [3.63, 3.8) is 0 Å². The van der Waals surface area contributed by atoms with Crippen LogP contribution in [-0.2, 0) is 6.42 Å². The van der Waals surface area contributed by atoms with Gasteiger partial charge in [-0.3, -0.25) is 0 Å². The number of nitrogens with two attached hydrogens (primary N) is 2. The minimum Gasteiger partial charge on any atom is -0.399 e. The molecule has 0 aliphatic carbocycles. The van der Waals surface area contributed by atoms with E-state index in [0.717, 1.165) is 35.5 Å². The lowest BCUT2D eigenvalue weighted by molar-refractivity contribution is 1.00. The first-order valence-corrected chi connectivity index (χ1v) is 8.39. The van der Waals surface area contributed by atoms with Crippen molar-refractivity contribution in [3.8, 4) is 11.3 Å². The topological polar surface area (TPSA) is 89.8 Å². The lowest BCUT2D eigenvalue weighted by Gasteiger charge is -2.11. The molecule has 25 heavy (non-hydrogen) atoms. The lowest BCUT2D eigenvalue weighted by atomic mass is 10.1. The molecule has 1 heterocycles. The van der Waals surface area contributed by atoms with Crippen LogP contribution in [0.2, 0.25) is 5.02 Å². The Morgan fingerprint density at radius 1 is 1.04 bits per heavy atom. The van der Waals surface area contributed by atoms with Gasteiger partial charge in [-0.25, -0.2) is 4.98 Å². The Kier molecular flexibility index (Phi) is 5.05. The van der Waals surface area contributed by atoms with Gasteiger partial charge in [0.05, 0.1) is 5.69 Å². The Bertz CT molecular complexity index is 877. The molecule has 0 bridgehead atoms. The van der Waals surface area contributed by atoms with E-state index in [-0.39, 0.29) is 5.95 Å². The molecule has 0 fully saturated rings. The van der Waals surface area contributed by atoms with Gasteiger partial charge in [-0.05, 0) is 42.7 Å². The standard InChI is InChI=1S/C19H20ClN5/c1-12-15(3-2-4-16(12)20)17-11-18(25-19(22)24-17)23-10-9-13-5-7-14(21)8-6-13/h2-8,11H,9-10,21H2,1H3,(H3,22,23,24,25). The molecule has 5 N–H and O–H groups in total. The SMILES string of the molecule is Cc1c(Cl)cccc1-c1cc(NCCc2ccc(N)cc2)nc(N)n1. The van der Waals surface area contributed by atoms with Crippen molar-refractivity contribution < 1.29 is 0 Å². The molecule has 0 saturated carbocycles. The van der Waals surface area contributed by atoms with Crippen LogP contribution < -0.4 is 16.8 Å². The number of rotatable bonds is 5. The number of hydrogen-bond donors (Lipinski definition) is 3. The second kappa shape index (κ2) is 7.40. The van der Waals surface area contributed by atoms with Crippen LogP contribution in [0.1, 0.15) is 11.1 Å². The zero-order valence-electron chi connectivity index (χ0n) is 14.0. The van der Waals surface area contributed by atoms with Crippen molar-refractivity contribution in [2.24, 2.45) is 0 Å². The van der Waals surface area contributed by atoms with Gasteiger partial charge in [0.2, 0.25) is 5.95 Å². The van der Waals surface area contributed by atoms with Crippen LogP contribution in [0.3, 0.4) is 0 Å². The van der Waals surface area contributed by atoms with E-state index in [4.69, 9.17) is 23.1 Å². The molecule has 0 atom stereocenters. The van der Waals surface area contributed by atoms with Crippen molar-refractivity contribution in [1.29, 1.82) is 0 Å². The summed E-state index contributed by atoms with van der Waals surface area (Å²) >= 11 is 6.21. The number of hydrogen-bond acceptors (Lipinski definition) is 5. The Morgan fingerprint density at radius 2 is 1.80 bits per heavy atom. The first-order chi connectivity index (χ1) is 12.0. The molecular formula is C19H20ClN5. The normalized spacial score (nSPS) is 10.6. The van der Waals surface area contributed by atoms with Gasteiger partial charge in [0, 0.05) is 28.9 Å². The van der Waals surface area contributed by atoms with Crippen LogP contribution in [0, 0.1) is 6.92 Å². The Morgan fingerprint density at radius 3 is 2.56 bits per heavy atom. The monoisotopic (exact) mass is 353 g/mol. The minimum absolute atomic E-state index is 0.229. The molecule has 128 valence electrons. The van der Waals surface area contributed by atoms with Gasteiger partial charge >= 0.3 is 0 Å². The molecule has 0 unspecified atom stereocenters. The number of nitrogens with one attached hydrogen (secondary N) is 1. The van der Waals surface area contributed by atoms with Crippen LogP contribution in [0.15, 0.2) is 48.5 Å². The van der Waals surface area contributed by atoms with E-state index in [1.807, 2.05) is 55.5 Å². The number of nitrogens with zero attached hydrogens (tertiary/aromatic N) is 2. The summed E-state index contributed by atoms with van der Waals surface area (Å²) in [4.78, 5) is 8.60. The second-order valence-electron chi connectivity index (χ2n) is 5.83. The maximum absolute atomic E-state index is 6.21. The summed E-state index contributed by atoms with van der Waals surface area (Å²) in [6.07, 6.45) is 0.857. The molecule has 5 nitrogen and oxygen atoms in total. The summed E-state index contributed by atoms with van der Waals surface area (Å²) in [5.41, 5.74) is 16.2. The average Bonchev–Trinajstić information content (AvgIpc) is 2.59. The number of nitrogen functional groups attached to an aromatic ring is 2. The van der Waals surface area contributed by atoms with Crippen LogP contribution in [0.4, 0.5) is 17.5 Å². The number of aromatic nitrogens is 2. The largest absolute Gasteiger partial charge is 0.399 e.